The van der Waals surface area contributed by atoms with Crippen LogP contribution in [0.5, 0.6) is 0 Å². The molecule has 0 amide bonds. The van der Waals surface area contributed by atoms with Gasteiger partial charge < -0.3 is 0 Å². The predicted molar refractivity (Wildman–Crippen MR) is 73.0 cm³/mol. The van der Waals surface area contributed by atoms with Crippen molar-refractivity contribution in [3.05, 3.63) is 52.1 Å². The van der Waals surface area contributed by atoms with Gasteiger partial charge in [0.15, 0.2) is 17.5 Å². The van der Waals surface area contributed by atoms with Gasteiger partial charge >= 0.3 is 0 Å². The molecule has 1 unspecified atom stereocenters. The summed E-state index contributed by atoms with van der Waals surface area (Å²) < 4.78 is 41.9. The van der Waals surface area contributed by atoms with Gasteiger partial charge in [-0.05, 0) is 12.5 Å². The first kappa shape index (κ1) is 15.8. The number of hydrogen-bond acceptors (Lipinski definition) is 3. The molecule has 8 heteroatoms. The molecular formula is C13H14ClF3N4. The third-order valence-electron chi connectivity index (χ3n) is 3.08. The second-order valence-corrected chi connectivity index (χ2v) is 4.87. The lowest BCUT2D eigenvalue weighted by Crippen LogP contribution is -2.32. The van der Waals surface area contributed by atoms with Crippen LogP contribution in [0.2, 0.25) is 5.02 Å². The maximum absolute atomic E-state index is 14.0. The van der Waals surface area contributed by atoms with Crippen LogP contribution < -0.4 is 11.3 Å². The van der Waals surface area contributed by atoms with Crippen LogP contribution in [-0.4, -0.2) is 9.78 Å². The summed E-state index contributed by atoms with van der Waals surface area (Å²) >= 11 is 6.06. The average Bonchev–Trinajstić information content (AvgIpc) is 2.82. The monoisotopic (exact) mass is 318 g/mol. The van der Waals surface area contributed by atoms with Crippen LogP contribution in [0.1, 0.15) is 30.6 Å². The van der Waals surface area contributed by atoms with Crippen LogP contribution >= 0.6 is 11.6 Å². The lowest BCUT2D eigenvalue weighted by Gasteiger charge is -2.19. The number of nitrogens with one attached hydrogen (secondary N) is 1. The number of aryl methyl sites for hydroxylation is 1. The molecule has 1 aromatic carbocycles. The van der Waals surface area contributed by atoms with Crippen molar-refractivity contribution in [3.8, 4) is 0 Å². The van der Waals surface area contributed by atoms with E-state index in [1.165, 1.54) is 6.20 Å². The van der Waals surface area contributed by atoms with Crippen molar-refractivity contribution in [1.29, 1.82) is 0 Å². The zero-order valence-electron chi connectivity index (χ0n) is 11.2. The van der Waals surface area contributed by atoms with Gasteiger partial charge in [-0.2, -0.15) is 5.10 Å². The van der Waals surface area contributed by atoms with Gasteiger partial charge in [0, 0.05) is 12.1 Å². The van der Waals surface area contributed by atoms with Crippen molar-refractivity contribution < 1.29 is 13.2 Å². The molecule has 0 radical (unpaired) electrons. The summed E-state index contributed by atoms with van der Waals surface area (Å²) in [5, 5.41) is 4.33. The fraction of sp³-hybridized carbons (Fsp3) is 0.308. The summed E-state index contributed by atoms with van der Waals surface area (Å²) in [6, 6.07) is 1.02. The van der Waals surface area contributed by atoms with Crippen molar-refractivity contribution in [3.63, 3.8) is 0 Å². The van der Waals surface area contributed by atoms with Gasteiger partial charge in [0.25, 0.3) is 0 Å². The molecule has 0 aliphatic rings. The highest BCUT2D eigenvalue weighted by Crippen LogP contribution is 2.30. The molecule has 4 nitrogen and oxygen atoms in total. The summed E-state index contributed by atoms with van der Waals surface area (Å²) in [5.41, 5.74) is 2.63. The van der Waals surface area contributed by atoms with Gasteiger partial charge in [-0.15, -0.1) is 0 Å². The van der Waals surface area contributed by atoms with Crippen LogP contribution in [-0.2, 0) is 6.54 Å². The molecule has 3 N–H and O–H groups in total. The highest BCUT2D eigenvalue weighted by molar-refractivity contribution is 6.31. The molecule has 2 rings (SSSR count). The van der Waals surface area contributed by atoms with E-state index in [-0.39, 0.29) is 10.6 Å². The summed E-state index contributed by atoms with van der Waals surface area (Å²) in [6.45, 7) is 2.47. The van der Waals surface area contributed by atoms with Gasteiger partial charge in [-0.25, -0.2) is 18.6 Å². The van der Waals surface area contributed by atoms with Crippen molar-refractivity contribution in [2.45, 2.75) is 25.9 Å². The molecule has 0 saturated heterocycles. The van der Waals surface area contributed by atoms with Crippen molar-refractivity contribution in [2.24, 2.45) is 5.84 Å². The minimum Gasteiger partial charge on any atom is -0.271 e. The highest BCUT2D eigenvalue weighted by atomic mass is 35.5. The Labute approximate surface area is 124 Å². The van der Waals surface area contributed by atoms with Crippen LogP contribution in [0.25, 0.3) is 0 Å². The smallest absolute Gasteiger partial charge is 0.194 e. The van der Waals surface area contributed by atoms with E-state index in [1.54, 1.807) is 4.68 Å². The molecule has 0 spiro atoms. The average molecular weight is 319 g/mol. The molecular weight excluding hydrogens is 305 g/mol. The Morgan fingerprint density at radius 3 is 2.67 bits per heavy atom. The van der Waals surface area contributed by atoms with E-state index in [0.29, 0.717) is 12.2 Å². The first-order valence-electron chi connectivity index (χ1n) is 6.32. The number of aromatic nitrogens is 2. The predicted octanol–water partition coefficient (Wildman–Crippen LogP) is 2.92. The van der Waals surface area contributed by atoms with E-state index in [4.69, 9.17) is 17.4 Å². The summed E-state index contributed by atoms with van der Waals surface area (Å²) in [4.78, 5) is 0. The second-order valence-electron chi connectivity index (χ2n) is 4.47. The fourth-order valence-corrected chi connectivity index (χ4v) is 2.38. The number of nitrogens with two attached hydrogens (primary N) is 1. The summed E-state index contributed by atoms with van der Waals surface area (Å²) in [7, 11) is 0. The van der Waals surface area contributed by atoms with Crippen LogP contribution in [0.15, 0.2) is 18.3 Å². The van der Waals surface area contributed by atoms with Gasteiger partial charge in [-0.1, -0.05) is 24.6 Å². The summed E-state index contributed by atoms with van der Waals surface area (Å²) in [6.07, 6.45) is 2.16. The molecule has 1 atom stereocenters. The zero-order valence-corrected chi connectivity index (χ0v) is 12.0. The minimum atomic E-state index is -1.55. The molecule has 0 bridgehead atoms. The lowest BCUT2D eigenvalue weighted by molar-refractivity contribution is 0.428. The molecule has 0 aliphatic heterocycles. The standard InChI is InChI=1S/C13H14ClF3N4/c1-2-5-21-13(8(14)6-19-21)12(20-18)7-3-4-9(15)11(17)10(7)16/h3-4,6,12,20H,2,5,18H2,1H3. The third kappa shape index (κ3) is 2.90. The first-order chi connectivity index (χ1) is 10.0. The van der Waals surface area contributed by atoms with E-state index in [0.717, 1.165) is 18.6 Å². The molecule has 2 aromatic rings. The Morgan fingerprint density at radius 1 is 1.33 bits per heavy atom. The molecule has 21 heavy (non-hydrogen) atoms. The Hall–Kier alpha value is -1.57. The quantitative estimate of drug-likeness (QED) is 0.506. The molecule has 0 fully saturated rings. The van der Waals surface area contributed by atoms with Crippen LogP contribution in [0, 0.1) is 17.5 Å². The summed E-state index contributed by atoms with van der Waals surface area (Å²) in [5.74, 6) is 1.33. The maximum Gasteiger partial charge on any atom is 0.194 e. The van der Waals surface area contributed by atoms with Crippen LogP contribution in [0.3, 0.4) is 0 Å². The molecule has 1 aromatic heterocycles. The number of benzene rings is 1. The van der Waals surface area contributed by atoms with E-state index < -0.39 is 23.5 Å². The van der Waals surface area contributed by atoms with Gasteiger partial charge in [0.1, 0.15) is 0 Å². The van der Waals surface area contributed by atoms with E-state index in [9.17, 15) is 13.2 Å². The Kier molecular flexibility index (Phi) is 4.87. The minimum absolute atomic E-state index is 0.142. The lowest BCUT2D eigenvalue weighted by atomic mass is 10.0. The molecule has 114 valence electrons. The van der Waals surface area contributed by atoms with E-state index in [2.05, 4.69) is 10.5 Å². The van der Waals surface area contributed by atoms with Crippen molar-refractivity contribution >= 4 is 11.6 Å². The van der Waals surface area contributed by atoms with Gasteiger partial charge in [0.2, 0.25) is 0 Å². The first-order valence-corrected chi connectivity index (χ1v) is 6.69. The van der Waals surface area contributed by atoms with E-state index in [1.807, 2.05) is 6.92 Å². The number of hydrogen-bond donors (Lipinski definition) is 2. The zero-order chi connectivity index (χ0) is 15.6. The maximum atomic E-state index is 14.0. The number of hydrazine groups is 1. The Balaban J connectivity index is 2.55. The molecule has 0 saturated carbocycles. The third-order valence-corrected chi connectivity index (χ3v) is 3.38. The van der Waals surface area contributed by atoms with Crippen LogP contribution in [0.4, 0.5) is 13.2 Å². The molecule has 1 heterocycles. The van der Waals surface area contributed by atoms with E-state index >= 15 is 0 Å². The SMILES string of the molecule is CCCn1ncc(Cl)c1C(NN)c1ccc(F)c(F)c1F. The van der Waals surface area contributed by atoms with Crippen molar-refractivity contribution in [2.75, 3.05) is 0 Å². The molecule has 0 aliphatic carbocycles. The van der Waals surface area contributed by atoms with Gasteiger partial charge in [-0.3, -0.25) is 10.5 Å². The Morgan fingerprint density at radius 2 is 2.05 bits per heavy atom. The topological polar surface area (TPSA) is 55.9 Å². The number of nitrogens with zero attached hydrogens (tertiary/aromatic N) is 2. The largest absolute Gasteiger partial charge is 0.271 e. The highest BCUT2D eigenvalue weighted by Gasteiger charge is 2.26. The fourth-order valence-electron chi connectivity index (χ4n) is 2.13. The van der Waals surface area contributed by atoms with Gasteiger partial charge in [0.05, 0.1) is 23.0 Å². The number of halogens is 4. The number of rotatable bonds is 5. The van der Waals surface area contributed by atoms with Crippen molar-refractivity contribution in [1.82, 2.24) is 15.2 Å². The normalized spacial score (nSPS) is 12.7. The Bertz CT molecular complexity index is 645. The second kappa shape index (κ2) is 6.46.